The second kappa shape index (κ2) is 43.8. The fourth-order valence-corrected chi connectivity index (χ4v) is 7.58. The van der Waals surface area contributed by atoms with E-state index in [0.717, 1.165) is 32.1 Å². The van der Waals surface area contributed by atoms with E-state index < -0.39 is 12.1 Å². The van der Waals surface area contributed by atoms with Crippen molar-refractivity contribution in [2.45, 2.75) is 276 Å². The normalized spacial score (nSPS) is 12.8. The molecule has 2 atom stereocenters. The SMILES string of the molecule is CCCCCCCCCCCCCCC[C@@H](O)[C@H](CO)NC(=O)CCCCCCCCCCCCCCCCCCCCCCCCCCCO. The molecule has 0 unspecified atom stereocenters. The van der Waals surface area contributed by atoms with Crippen LogP contribution in [-0.4, -0.2) is 46.6 Å². The van der Waals surface area contributed by atoms with Gasteiger partial charge in [0.2, 0.25) is 5.91 Å². The summed E-state index contributed by atoms with van der Waals surface area (Å²) in [5.41, 5.74) is 0. The second-order valence-corrected chi connectivity index (χ2v) is 16.3. The lowest BCUT2D eigenvalue weighted by atomic mass is 10.0. The van der Waals surface area contributed by atoms with Gasteiger partial charge in [-0.25, -0.2) is 0 Å². The van der Waals surface area contributed by atoms with E-state index in [1.165, 1.54) is 212 Å². The largest absolute Gasteiger partial charge is 0.396 e. The van der Waals surface area contributed by atoms with Crippen LogP contribution in [0.5, 0.6) is 0 Å². The van der Waals surface area contributed by atoms with Gasteiger partial charge >= 0.3 is 0 Å². The van der Waals surface area contributed by atoms with Crippen molar-refractivity contribution >= 4 is 5.91 Å². The molecule has 0 bridgehead atoms. The van der Waals surface area contributed by atoms with Gasteiger partial charge in [-0.1, -0.05) is 238 Å². The Bertz CT molecular complexity index is 659. The molecule has 0 spiro atoms. The fraction of sp³-hybridized carbons (Fsp3) is 0.978. The maximum atomic E-state index is 12.4. The van der Waals surface area contributed by atoms with Crippen molar-refractivity contribution in [2.75, 3.05) is 13.2 Å². The molecule has 1 amide bonds. The van der Waals surface area contributed by atoms with E-state index in [2.05, 4.69) is 12.2 Å². The van der Waals surface area contributed by atoms with E-state index in [1.54, 1.807) is 0 Å². The van der Waals surface area contributed by atoms with Crippen LogP contribution in [0, 0.1) is 0 Å². The predicted octanol–water partition coefficient (Wildman–Crippen LogP) is 13.4. The fourth-order valence-electron chi connectivity index (χ4n) is 7.58. The third kappa shape index (κ3) is 40.4. The summed E-state index contributed by atoms with van der Waals surface area (Å²) in [6, 6.07) is -0.533. The predicted molar refractivity (Wildman–Crippen MR) is 222 cm³/mol. The highest BCUT2D eigenvalue weighted by molar-refractivity contribution is 5.76. The van der Waals surface area contributed by atoms with Gasteiger partial charge in [-0.3, -0.25) is 4.79 Å². The zero-order chi connectivity index (χ0) is 37.1. The Labute approximate surface area is 319 Å². The number of amides is 1. The summed E-state index contributed by atoms with van der Waals surface area (Å²) in [5, 5.41) is 32.0. The molecule has 0 aromatic carbocycles. The van der Waals surface area contributed by atoms with Gasteiger partial charge in [-0.05, 0) is 19.3 Å². The summed E-state index contributed by atoms with van der Waals surface area (Å²) in [5.74, 6) is -0.0299. The lowest BCUT2D eigenvalue weighted by Crippen LogP contribution is -2.45. The molecular formula is C46H93NO4. The lowest BCUT2D eigenvalue weighted by molar-refractivity contribution is -0.123. The quantitative estimate of drug-likeness (QED) is 0.0471. The second-order valence-electron chi connectivity index (χ2n) is 16.3. The maximum Gasteiger partial charge on any atom is 0.220 e. The van der Waals surface area contributed by atoms with Crippen LogP contribution in [0.2, 0.25) is 0 Å². The van der Waals surface area contributed by atoms with Crippen LogP contribution in [0.1, 0.15) is 264 Å². The molecule has 0 aliphatic rings. The van der Waals surface area contributed by atoms with E-state index in [-0.39, 0.29) is 12.5 Å². The molecule has 0 aliphatic carbocycles. The molecule has 306 valence electrons. The van der Waals surface area contributed by atoms with Crippen LogP contribution in [-0.2, 0) is 4.79 Å². The van der Waals surface area contributed by atoms with Crippen molar-refractivity contribution in [3.8, 4) is 0 Å². The maximum absolute atomic E-state index is 12.4. The highest BCUT2D eigenvalue weighted by atomic mass is 16.3. The number of hydrogen-bond acceptors (Lipinski definition) is 4. The average Bonchev–Trinajstić information content (AvgIpc) is 3.13. The molecule has 51 heavy (non-hydrogen) atoms. The topological polar surface area (TPSA) is 89.8 Å². The first-order chi connectivity index (χ1) is 25.2. The van der Waals surface area contributed by atoms with Gasteiger partial charge in [-0.15, -0.1) is 0 Å². The van der Waals surface area contributed by atoms with Crippen LogP contribution in [0.3, 0.4) is 0 Å². The molecule has 5 heteroatoms. The molecule has 0 saturated heterocycles. The van der Waals surface area contributed by atoms with Gasteiger partial charge < -0.3 is 20.6 Å². The molecule has 5 nitrogen and oxygen atoms in total. The Balaban J connectivity index is 3.40. The number of carbonyl (C=O) groups excluding carboxylic acids is 1. The lowest BCUT2D eigenvalue weighted by Gasteiger charge is -2.22. The minimum atomic E-state index is -0.656. The van der Waals surface area contributed by atoms with Gasteiger partial charge in [0, 0.05) is 13.0 Å². The third-order valence-corrected chi connectivity index (χ3v) is 11.2. The molecule has 0 aliphatic heterocycles. The highest BCUT2D eigenvalue weighted by Gasteiger charge is 2.20. The van der Waals surface area contributed by atoms with Gasteiger partial charge in [0.25, 0.3) is 0 Å². The molecule has 0 rings (SSSR count). The first kappa shape index (κ1) is 50.4. The van der Waals surface area contributed by atoms with Crippen LogP contribution in [0.4, 0.5) is 0 Å². The van der Waals surface area contributed by atoms with Crippen LogP contribution < -0.4 is 5.32 Å². The summed E-state index contributed by atoms with van der Waals surface area (Å²) in [4.78, 5) is 12.4. The third-order valence-electron chi connectivity index (χ3n) is 11.2. The average molecular weight is 724 g/mol. The van der Waals surface area contributed by atoms with Crippen molar-refractivity contribution in [1.29, 1.82) is 0 Å². The van der Waals surface area contributed by atoms with Crippen LogP contribution in [0.15, 0.2) is 0 Å². The molecule has 0 radical (unpaired) electrons. The van der Waals surface area contributed by atoms with E-state index in [9.17, 15) is 15.0 Å². The van der Waals surface area contributed by atoms with E-state index in [0.29, 0.717) is 19.4 Å². The zero-order valence-corrected chi connectivity index (χ0v) is 34.6. The molecule has 0 aromatic heterocycles. The Hall–Kier alpha value is -0.650. The van der Waals surface area contributed by atoms with E-state index in [4.69, 9.17) is 5.11 Å². The molecule has 0 saturated carbocycles. The smallest absolute Gasteiger partial charge is 0.220 e. The Morgan fingerprint density at radius 2 is 0.686 bits per heavy atom. The van der Waals surface area contributed by atoms with Gasteiger partial charge in [0.15, 0.2) is 0 Å². The first-order valence-electron chi connectivity index (χ1n) is 23.3. The monoisotopic (exact) mass is 724 g/mol. The zero-order valence-electron chi connectivity index (χ0n) is 34.6. The summed E-state index contributed by atoms with van der Waals surface area (Å²) < 4.78 is 0. The van der Waals surface area contributed by atoms with Crippen molar-refractivity contribution in [2.24, 2.45) is 0 Å². The number of hydrogen-bond donors (Lipinski definition) is 4. The van der Waals surface area contributed by atoms with Gasteiger partial charge in [-0.2, -0.15) is 0 Å². The summed E-state index contributed by atoms with van der Waals surface area (Å²) in [6.07, 6.45) is 50.6. The summed E-state index contributed by atoms with van der Waals surface area (Å²) in [6.45, 7) is 2.44. The number of unbranched alkanes of at least 4 members (excludes halogenated alkanes) is 36. The van der Waals surface area contributed by atoms with Crippen molar-refractivity contribution in [1.82, 2.24) is 5.32 Å². The molecule has 0 heterocycles. The van der Waals surface area contributed by atoms with Crippen molar-refractivity contribution in [3.63, 3.8) is 0 Å². The standard InChI is InChI=1S/C46H93NO4/c1-2-3-4-5-6-7-8-22-25-28-31-34-37-40-45(50)44(43-49)47-46(51)41-38-35-32-29-26-23-20-18-16-14-12-10-9-11-13-15-17-19-21-24-27-30-33-36-39-42-48/h44-45,48-50H,2-43H2,1H3,(H,47,51)/t44-,45+/m0/s1. The Kier molecular flexibility index (Phi) is 43.2. The Morgan fingerprint density at radius 1 is 0.412 bits per heavy atom. The number of rotatable bonds is 44. The number of carbonyl (C=O) groups is 1. The molecule has 4 N–H and O–H groups in total. The van der Waals surface area contributed by atoms with Crippen molar-refractivity contribution < 1.29 is 20.1 Å². The summed E-state index contributed by atoms with van der Waals surface area (Å²) in [7, 11) is 0. The molecule has 0 fully saturated rings. The minimum Gasteiger partial charge on any atom is -0.396 e. The van der Waals surface area contributed by atoms with Gasteiger partial charge in [0.1, 0.15) is 0 Å². The van der Waals surface area contributed by atoms with Crippen molar-refractivity contribution in [3.05, 3.63) is 0 Å². The van der Waals surface area contributed by atoms with E-state index in [1.807, 2.05) is 0 Å². The highest BCUT2D eigenvalue weighted by Crippen LogP contribution is 2.17. The van der Waals surface area contributed by atoms with Crippen LogP contribution >= 0.6 is 0 Å². The number of aliphatic hydroxyl groups excluding tert-OH is 3. The van der Waals surface area contributed by atoms with E-state index >= 15 is 0 Å². The Morgan fingerprint density at radius 3 is 0.980 bits per heavy atom. The molecule has 0 aromatic rings. The molecular weight excluding hydrogens is 631 g/mol. The van der Waals surface area contributed by atoms with Crippen LogP contribution in [0.25, 0.3) is 0 Å². The summed E-state index contributed by atoms with van der Waals surface area (Å²) >= 11 is 0. The van der Waals surface area contributed by atoms with Gasteiger partial charge in [0.05, 0.1) is 18.8 Å². The minimum absolute atomic E-state index is 0.0299. The first-order valence-corrected chi connectivity index (χ1v) is 23.3. The number of nitrogens with one attached hydrogen (secondary N) is 1. The number of aliphatic hydroxyl groups is 3.